The van der Waals surface area contributed by atoms with Gasteiger partial charge in [0.2, 0.25) is 15.9 Å². The molecule has 11 heteroatoms. The van der Waals surface area contributed by atoms with Gasteiger partial charge in [-0.2, -0.15) is 0 Å². The van der Waals surface area contributed by atoms with Crippen LogP contribution < -0.4 is 10.2 Å². The number of nitrogens with one attached hydrogen (secondary N) is 2. The minimum Gasteiger partial charge on any atom is -0.289 e. The maximum absolute atomic E-state index is 13.1. The van der Waals surface area contributed by atoms with Crippen LogP contribution in [0.2, 0.25) is 0 Å². The summed E-state index contributed by atoms with van der Waals surface area (Å²) in [6, 6.07) is 17.9. The van der Waals surface area contributed by atoms with E-state index in [4.69, 9.17) is 5.21 Å². The highest BCUT2D eigenvalue weighted by Crippen LogP contribution is 2.22. The molecule has 3 aromatic carbocycles. The predicted molar refractivity (Wildman–Crippen MR) is 122 cm³/mol. The molecular formula is C23H22FN5O4S. The van der Waals surface area contributed by atoms with Crippen LogP contribution in [-0.2, 0) is 27.8 Å². The van der Waals surface area contributed by atoms with Gasteiger partial charge in [0.15, 0.2) is 0 Å². The quantitative estimate of drug-likeness (QED) is 0.248. The van der Waals surface area contributed by atoms with Crippen LogP contribution in [0.5, 0.6) is 0 Å². The van der Waals surface area contributed by atoms with Gasteiger partial charge in [-0.25, -0.2) is 27.7 Å². The van der Waals surface area contributed by atoms with E-state index in [9.17, 15) is 17.6 Å². The molecule has 0 spiro atoms. The Hall–Kier alpha value is -3.67. The van der Waals surface area contributed by atoms with Crippen molar-refractivity contribution >= 4 is 26.7 Å². The van der Waals surface area contributed by atoms with Crippen LogP contribution >= 0.6 is 0 Å². The molecule has 1 unspecified atom stereocenters. The summed E-state index contributed by atoms with van der Waals surface area (Å²) in [7, 11) is -3.87. The third-order valence-electron chi connectivity index (χ3n) is 5.33. The molecule has 0 aliphatic carbocycles. The third-order valence-corrected chi connectivity index (χ3v) is 6.75. The molecular weight excluding hydrogens is 461 g/mol. The molecule has 1 heterocycles. The summed E-state index contributed by atoms with van der Waals surface area (Å²) in [5.74, 6) is -1.12. The fraction of sp³-hybridized carbons (Fsp3) is 0.174. The molecule has 1 aromatic heterocycles. The van der Waals surface area contributed by atoms with E-state index in [0.717, 1.165) is 28.5 Å². The van der Waals surface area contributed by atoms with Gasteiger partial charge in [-0.05, 0) is 47.0 Å². The first-order valence-corrected chi connectivity index (χ1v) is 11.9. The highest BCUT2D eigenvalue weighted by Gasteiger charge is 2.20. The monoisotopic (exact) mass is 483 g/mol. The predicted octanol–water partition coefficient (Wildman–Crippen LogP) is 2.73. The molecule has 0 aliphatic heterocycles. The van der Waals surface area contributed by atoms with E-state index in [-0.39, 0.29) is 17.9 Å². The van der Waals surface area contributed by atoms with Crippen molar-refractivity contribution in [1.29, 1.82) is 0 Å². The van der Waals surface area contributed by atoms with Crippen molar-refractivity contribution in [2.75, 3.05) is 0 Å². The number of sulfonamides is 1. The Morgan fingerprint density at radius 1 is 1.06 bits per heavy atom. The number of benzene rings is 3. The highest BCUT2D eigenvalue weighted by molar-refractivity contribution is 7.89. The lowest BCUT2D eigenvalue weighted by atomic mass is 10.00. The number of nitrogens with zero attached hydrogens (tertiary/aromatic N) is 3. The van der Waals surface area contributed by atoms with E-state index in [1.54, 1.807) is 11.7 Å². The van der Waals surface area contributed by atoms with Crippen molar-refractivity contribution < 1.29 is 22.8 Å². The fourth-order valence-electron chi connectivity index (χ4n) is 3.60. The zero-order valence-electron chi connectivity index (χ0n) is 17.9. The zero-order chi connectivity index (χ0) is 24.1. The number of hydrogen-bond donors (Lipinski definition) is 3. The van der Waals surface area contributed by atoms with Crippen molar-refractivity contribution in [3.63, 3.8) is 0 Å². The zero-order valence-corrected chi connectivity index (χ0v) is 18.7. The summed E-state index contributed by atoms with van der Waals surface area (Å²) in [6.07, 6.45) is 1.92. The van der Waals surface area contributed by atoms with Gasteiger partial charge in [0, 0.05) is 0 Å². The smallest absolute Gasteiger partial charge is 0.245 e. The van der Waals surface area contributed by atoms with Gasteiger partial charge in [0.05, 0.1) is 35.8 Å². The van der Waals surface area contributed by atoms with Crippen molar-refractivity contribution in [1.82, 2.24) is 25.2 Å². The molecule has 0 bridgehead atoms. The molecule has 1 amide bonds. The topological polar surface area (TPSA) is 126 Å². The van der Waals surface area contributed by atoms with Crippen LogP contribution in [0.4, 0.5) is 4.39 Å². The maximum atomic E-state index is 13.1. The summed E-state index contributed by atoms with van der Waals surface area (Å²) >= 11 is 0. The van der Waals surface area contributed by atoms with Crippen molar-refractivity contribution in [2.45, 2.75) is 30.3 Å². The molecule has 4 aromatic rings. The molecule has 4 rings (SSSR count). The van der Waals surface area contributed by atoms with Crippen LogP contribution in [-0.4, -0.2) is 34.5 Å². The summed E-state index contributed by atoms with van der Waals surface area (Å²) in [4.78, 5) is 11.8. The van der Waals surface area contributed by atoms with Crippen molar-refractivity contribution in [3.05, 3.63) is 90.0 Å². The number of rotatable bonds is 9. The second-order valence-electron chi connectivity index (χ2n) is 7.75. The molecule has 3 N–H and O–H groups in total. The van der Waals surface area contributed by atoms with Crippen LogP contribution in [0, 0.1) is 5.82 Å². The van der Waals surface area contributed by atoms with Crippen LogP contribution in [0.3, 0.4) is 0 Å². The van der Waals surface area contributed by atoms with E-state index < -0.39 is 27.8 Å². The third kappa shape index (κ3) is 5.63. The Kier molecular flexibility index (Phi) is 6.96. The molecule has 0 fully saturated rings. The summed E-state index contributed by atoms with van der Waals surface area (Å²) in [6.45, 7) is -0.144. The van der Waals surface area contributed by atoms with Gasteiger partial charge in [0.1, 0.15) is 5.82 Å². The number of carbonyl (C=O) groups is 1. The standard InChI is InChI=1S/C23H22FN5O4S/c24-19-7-9-22(10-8-19)34(32,33)25-14-20-15-29(28-26-20)21(13-23(30)27-31)12-16-5-6-17-3-1-2-4-18(17)11-16/h1-11,15,21,25,31H,12-14H2,(H,27,30). The lowest BCUT2D eigenvalue weighted by Gasteiger charge is -2.16. The van der Waals surface area contributed by atoms with Gasteiger partial charge in [-0.1, -0.05) is 47.7 Å². The minimum atomic E-state index is -3.87. The fourth-order valence-corrected chi connectivity index (χ4v) is 4.59. The number of aromatic nitrogens is 3. The van der Waals surface area contributed by atoms with E-state index in [1.165, 1.54) is 16.8 Å². The van der Waals surface area contributed by atoms with E-state index in [0.29, 0.717) is 12.1 Å². The molecule has 0 saturated carbocycles. The molecule has 0 aliphatic rings. The average molecular weight is 484 g/mol. The number of halogens is 1. The Bertz CT molecular complexity index is 1410. The molecule has 0 radical (unpaired) electrons. The largest absolute Gasteiger partial charge is 0.289 e. The molecule has 34 heavy (non-hydrogen) atoms. The van der Waals surface area contributed by atoms with Crippen LogP contribution in [0.25, 0.3) is 10.8 Å². The molecule has 0 saturated heterocycles. The maximum Gasteiger partial charge on any atom is 0.245 e. The Morgan fingerprint density at radius 3 is 2.53 bits per heavy atom. The van der Waals surface area contributed by atoms with Crippen molar-refractivity contribution in [3.8, 4) is 0 Å². The Labute approximate surface area is 195 Å². The number of hydrogen-bond acceptors (Lipinski definition) is 6. The van der Waals surface area contributed by atoms with E-state index >= 15 is 0 Å². The van der Waals surface area contributed by atoms with E-state index in [2.05, 4.69) is 15.0 Å². The second-order valence-corrected chi connectivity index (χ2v) is 9.51. The van der Waals surface area contributed by atoms with Gasteiger partial charge < -0.3 is 0 Å². The van der Waals surface area contributed by atoms with Gasteiger partial charge in [0.25, 0.3) is 0 Å². The highest BCUT2D eigenvalue weighted by atomic mass is 32.2. The summed E-state index contributed by atoms with van der Waals surface area (Å²) in [5, 5.41) is 19.2. The van der Waals surface area contributed by atoms with Gasteiger partial charge >= 0.3 is 0 Å². The SMILES string of the molecule is O=C(CC(Cc1ccc2ccccc2c1)n1cc(CNS(=O)(=O)c2ccc(F)cc2)nn1)NO. The van der Waals surface area contributed by atoms with E-state index in [1.807, 2.05) is 42.5 Å². The normalized spacial score (nSPS) is 12.5. The Balaban J connectivity index is 1.50. The first kappa shape index (κ1) is 23.5. The van der Waals surface area contributed by atoms with Crippen LogP contribution in [0.15, 0.2) is 77.8 Å². The minimum absolute atomic E-state index is 0.0621. The van der Waals surface area contributed by atoms with Gasteiger partial charge in [-0.15, -0.1) is 5.10 Å². The van der Waals surface area contributed by atoms with Crippen molar-refractivity contribution in [2.24, 2.45) is 0 Å². The first-order valence-electron chi connectivity index (χ1n) is 10.4. The lowest BCUT2D eigenvalue weighted by molar-refractivity contribution is -0.130. The number of amides is 1. The Morgan fingerprint density at radius 2 is 1.79 bits per heavy atom. The first-order chi connectivity index (χ1) is 16.3. The van der Waals surface area contributed by atoms with Crippen LogP contribution in [0.1, 0.15) is 23.7 Å². The molecule has 1 atom stereocenters. The molecule has 176 valence electrons. The summed E-state index contributed by atoms with van der Waals surface area (Å²) in [5.41, 5.74) is 2.93. The lowest BCUT2D eigenvalue weighted by Crippen LogP contribution is -2.25. The number of hydroxylamine groups is 1. The average Bonchev–Trinajstić information content (AvgIpc) is 3.32. The van der Waals surface area contributed by atoms with Gasteiger partial charge in [-0.3, -0.25) is 10.0 Å². The molecule has 9 nitrogen and oxygen atoms in total. The summed E-state index contributed by atoms with van der Waals surface area (Å²) < 4.78 is 41.8. The number of fused-ring (bicyclic) bond motifs is 1. The number of carbonyl (C=O) groups excluding carboxylic acids is 1. The second kappa shape index (κ2) is 10.1.